The fourth-order valence-corrected chi connectivity index (χ4v) is 1.98. The molecule has 5 N–H and O–H groups in total. The Hall–Kier alpha value is -2.68. The van der Waals surface area contributed by atoms with E-state index in [2.05, 4.69) is 5.32 Å². The number of nitrogens with two attached hydrogens (primary N) is 2. The number of hydrogen-bond donors (Lipinski definition) is 3. The van der Waals surface area contributed by atoms with Crippen molar-refractivity contribution in [2.75, 3.05) is 11.1 Å². The molecule has 0 radical (unpaired) electrons. The lowest BCUT2D eigenvalue weighted by atomic mass is 10.1. The summed E-state index contributed by atoms with van der Waals surface area (Å²) >= 11 is 0. The number of ether oxygens (including phenoxy) is 1. The van der Waals surface area contributed by atoms with Crippen molar-refractivity contribution in [2.45, 2.75) is 51.7 Å². The van der Waals surface area contributed by atoms with Gasteiger partial charge >= 0.3 is 5.97 Å². The molecule has 0 aliphatic carbocycles. The molecule has 9 heteroatoms. The molecule has 0 aromatic heterocycles. The zero-order chi connectivity index (χ0) is 19.2. The lowest BCUT2D eigenvalue weighted by molar-refractivity contribution is -0.384. The fraction of sp³-hybridized carbons (Fsp3) is 0.500. The van der Waals surface area contributed by atoms with Crippen LogP contribution in [0.3, 0.4) is 0 Å². The molecule has 0 saturated heterocycles. The van der Waals surface area contributed by atoms with Crippen LogP contribution in [0.5, 0.6) is 0 Å². The van der Waals surface area contributed by atoms with Gasteiger partial charge in [0.05, 0.1) is 22.3 Å². The minimum absolute atomic E-state index is 0.127. The Morgan fingerprint density at radius 2 is 2.00 bits per heavy atom. The van der Waals surface area contributed by atoms with E-state index in [1.54, 1.807) is 20.8 Å². The predicted molar refractivity (Wildman–Crippen MR) is 93.8 cm³/mol. The molecule has 0 heterocycles. The summed E-state index contributed by atoms with van der Waals surface area (Å²) in [5, 5.41) is 13.2. The highest BCUT2D eigenvalue weighted by molar-refractivity contribution is 5.97. The number of amides is 1. The number of benzene rings is 1. The first kappa shape index (κ1) is 20.4. The van der Waals surface area contributed by atoms with Crippen LogP contribution in [0.1, 0.15) is 40.0 Å². The van der Waals surface area contributed by atoms with Gasteiger partial charge < -0.3 is 21.5 Å². The molecule has 1 aromatic rings. The Morgan fingerprint density at radius 3 is 2.56 bits per heavy atom. The number of hydrogen-bond acceptors (Lipinski definition) is 7. The molecule has 1 amide bonds. The van der Waals surface area contributed by atoms with Crippen molar-refractivity contribution in [3.8, 4) is 0 Å². The highest BCUT2D eigenvalue weighted by Gasteiger charge is 2.19. The second-order valence-corrected chi connectivity index (χ2v) is 6.60. The van der Waals surface area contributed by atoms with Crippen molar-refractivity contribution in [2.24, 2.45) is 5.73 Å². The van der Waals surface area contributed by atoms with E-state index in [9.17, 15) is 19.7 Å². The third kappa shape index (κ3) is 7.17. The molecular formula is C16H24N4O5. The van der Waals surface area contributed by atoms with E-state index in [0.717, 1.165) is 0 Å². The molecule has 25 heavy (non-hydrogen) atoms. The number of nitrogen functional groups attached to an aromatic ring is 1. The van der Waals surface area contributed by atoms with Gasteiger partial charge in [-0.3, -0.25) is 19.7 Å². The van der Waals surface area contributed by atoms with Gasteiger partial charge in [-0.1, -0.05) is 0 Å². The molecule has 9 nitrogen and oxygen atoms in total. The molecule has 1 rings (SSSR count). The maximum atomic E-state index is 12.1. The Labute approximate surface area is 145 Å². The summed E-state index contributed by atoms with van der Waals surface area (Å²) < 4.78 is 5.17. The van der Waals surface area contributed by atoms with Crippen LogP contribution in [-0.2, 0) is 14.3 Å². The first-order valence-electron chi connectivity index (χ1n) is 7.82. The van der Waals surface area contributed by atoms with E-state index in [1.807, 2.05) is 0 Å². The SMILES string of the molecule is CC(C)(C)OC(=O)CCC[C@H](N)C(=O)Nc1cc([N+](=O)[O-])ccc1N. The van der Waals surface area contributed by atoms with E-state index in [0.29, 0.717) is 6.42 Å². The number of anilines is 2. The topological polar surface area (TPSA) is 151 Å². The van der Waals surface area contributed by atoms with Crippen molar-refractivity contribution in [1.29, 1.82) is 0 Å². The van der Waals surface area contributed by atoms with Crippen LogP contribution in [0.25, 0.3) is 0 Å². The first-order valence-corrected chi connectivity index (χ1v) is 7.82. The highest BCUT2D eigenvalue weighted by atomic mass is 16.6. The summed E-state index contributed by atoms with van der Waals surface area (Å²) in [5.74, 6) is -0.889. The molecule has 1 aromatic carbocycles. The summed E-state index contributed by atoms with van der Waals surface area (Å²) in [5.41, 5.74) is 11.1. The lowest BCUT2D eigenvalue weighted by Gasteiger charge is -2.19. The van der Waals surface area contributed by atoms with E-state index in [1.165, 1.54) is 18.2 Å². The average Bonchev–Trinajstić information content (AvgIpc) is 2.47. The third-order valence-electron chi connectivity index (χ3n) is 3.16. The Morgan fingerprint density at radius 1 is 1.36 bits per heavy atom. The predicted octanol–water partition coefficient (Wildman–Crippen LogP) is 1.95. The van der Waals surface area contributed by atoms with Crippen molar-refractivity contribution >= 4 is 28.9 Å². The van der Waals surface area contributed by atoms with Crippen LogP contribution in [-0.4, -0.2) is 28.4 Å². The number of nitrogens with one attached hydrogen (secondary N) is 1. The van der Waals surface area contributed by atoms with Crippen molar-refractivity contribution in [1.82, 2.24) is 0 Å². The number of esters is 1. The fourth-order valence-electron chi connectivity index (χ4n) is 1.98. The van der Waals surface area contributed by atoms with Crippen LogP contribution in [0.4, 0.5) is 17.1 Å². The van der Waals surface area contributed by atoms with E-state index < -0.39 is 22.5 Å². The molecule has 1 atom stereocenters. The molecule has 0 aliphatic rings. The molecular weight excluding hydrogens is 328 g/mol. The third-order valence-corrected chi connectivity index (χ3v) is 3.16. The highest BCUT2D eigenvalue weighted by Crippen LogP contribution is 2.24. The van der Waals surface area contributed by atoms with Gasteiger partial charge in [0.25, 0.3) is 5.69 Å². The lowest BCUT2D eigenvalue weighted by Crippen LogP contribution is -2.36. The van der Waals surface area contributed by atoms with Gasteiger partial charge in [0.1, 0.15) is 5.60 Å². The van der Waals surface area contributed by atoms with Crippen LogP contribution in [0, 0.1) is 10.1 Å². The van der Waals surface area contributed by atoms with Gasteiger partial charge in [-0.25, -0.2) is 0 Å². The average molecular weight is 352 g/mol. The number of non-ortho nitro benzene ring substituents is 1. The summed E-state index contributed by atoms with van der Waals surface area (Å²) in [6.07, 6.45) is 0.797. The minimum atomic E-state index is -0.874. The standard InChI is InChI=1S/C16H24N4O5/c1-16(2,3)25-14(21)6-4-5-12(18)15(22)19-13-9-10(20(23)24)7-8-11(13)17/h7-9,12H,4-6,17-18H2,1-3H3,(H,19,22)/t12-/m0/s1. The largest absolute Gasteiger partial charge is 0.460 e. The van der Waals surface area contributed by atoms with Gasteiger partial charge in [0, 0.05) is 18.6 Å². The van der Waals surface area contributed by atoms with Crippen LogP contribution in [0.2, 0.25) is 0 Å². The van der Waals surface area contributed by atoms with Gasteiger partial charge in [-0.05, 0) is 39.7 Å². The monoisotopic (exact) mass is 352 g/mol. The van der Waals surface area contributed by atoms with E-state index in [4.69, 9.17) is 16.2 Å². The zero-order valence-electron chi connectivity index (χ0n) is 14.6. The number of nitro benzene ring substituents is 1. The number of nitro groups is 1. The molecule has 0 unspecified atom stereocenters. The van der Waals surface area contributed by atoms with E-state index >= 15 is 0 Å². The zero-order valence-corrected chi connectivity index (χ0v) is 14.6. The van der Waals surface area contributed by atoms with Gasteiger partial charge in [-0.2, -0.15) is 0 Å². The quantitative estimate of drug-likeness (QED) is 0.293. The molecule has 0 fully saturated rings. The molecule has 0 aliphatic heterocycles. The maximum absolute atomic E-state index is 12.1. The van der Waals surface area contributed by atoms with Gasteiger partial charge in [-0.15, -0.1) is 0 Å². The van der Waals surface area contributed by atoms with Crippen LogP contribution < -0.4 is 16.8 Å². The van der Waals surface area contributed by atoms with Gasteiger partial charge in [0.2, 0.25) is 5.91 Å². The normalized spacial score (nSPS) is 12.3. The number of carbonyl (C=O) groups excluding carboxylic acids is 2. The number of rotatable bonds is 7. The first-order chi connectivity index (χ1) is 11.5. The van der Waals surface area contributed by atoms with Crippen molar-refractivity contribution in [3.63, 3.8) is 0 Å². The second-order valence-electron chi connectivity index (χ2n) is 6.60. The van der Waals surface area contributed by atoms with E-state index in [-0.39, 0.29) is 35.9 Å². The van der Waals surface area contributed by atoms with Crippen molar-refractivity contribution in [3.05, 3.63) is 28.3 Å². The maximum Gasteiger partial charge on any atom is 0.306 e. The summed E-state index contributed by atoms with van der Waals surface area (Å²) in [7, 11) is 0. The smallest absolute Gasteiger partial charge is 0.306 e. The second kappa shape index (κ2) is 8.43. The minimum Gasteiger partial charge on any atom is -0.460 e. The molecule has 0 spiro atoms. The Bertz CT molecular complexity index is 654. The summed E-state index contributed by atoms with van der Waals surface area (Å²) in [6, 6.07) is 2.87. The number of nitrogens with zero attached hydrogens (tertiary/aromatic N) is 1. The van der Waals surface area contributed by atoms with Gasteiger partial charge in [0.15, 0.2) is 0 Å². The molecule has 0 bridgehead atoms. The molecule has 0 saturated carbocycles. The van der Waals surface area contributed by atoms with Crippen LogP contribution >= 0.6 is 0 Å². The van der Waals surface area contributed by atoms with Crippen molar-refractivity contribution < 1.29 is 19.2 Å². The number of carbonyl (C=O) groups is 2. The summed E-state index contributed by atoms with van der Waals surface area (Å²) in [4.78, 5) is 33.9. The molecule has 138 valence electrons. The van der Waals surface area contributed by atoms with Crippen LogP contribution in [0.15, 0.2) is 18.2 Å². The summed E-state index contributed by atoms with van der Waals surface area (Å²) in [6.45, 7) is 5.31. The Balaban J connectivity index is 2.54. The Kier molecular flexibility index (Phi) is 6.86.